The number of nitrogens with one attached hydrogen (secondary N) is 1. The van der Waals surface area contributed by atoms with Crippen LogP contribution in [0.15, 0.2) is 48.5 Å². The number of phenolic OH excluding ortho intramolecular Hbond substituents is 1. The Kier molecular flexibility index (Phi) is 6.95. The van der Waals surface area contributed by atoms with Crippen molar-refractivity contribution in [1.29, 1.82) is 0 Å². The van der Waals surface area contributed by atoms with Crippen LogP contribution in [-0.2, 0) is 11.2 Å². The van der Waals surface area contributed by atoms with Gasteiger partial charge in [-0.3, -0.25) is 4.79 Å². The molecule has 0 heterocycles. The molecule has 2 N–H and O–H groups in total. The van der Waals surface area contributed by atoms with Crippen molar-refractivity contribution >= 4 is 5.91 Å². The van der Waals surface area contributed by atoms with Gasteiger partial charge in [0, 0.05) is 13.0 Å². The van der Waals surface area contributed by atoms with Gasteiger partial charge in [0.1, 0.15) is 17.2 Å². The second-order valence-electron chi connectivity index (χ2n) is 5.39. The first-order chi connectivity index (χ1) is 11.7. The lowest BCUT2D eigenvalue weighted by molar-refractivity contribution is -0.121. The maximum atomic E-state index is 11.8. The summed E-state index contributed by atoms with van der Waals surface area (Å²) in [5.74, 6) is 1.82. The second kappa shape index (κ2) is 9.45. The summed E-state index contributed by atoms with van der Waals surface area (Å²) in [6, 6.07) is 14.4. The number of aromatic hydroxyl groups is 1. The Morgan fingerprint density at radius 2 is 1.71 bits per heavy atom. The lowest BCUT2D eigenvalue weighted by Gasteiger charge is -2.08. The van der Waals surface area contributed by atoms with Crippen LogP contribution in [0.2, 0.25) is 0 Å². The number of ether oxygens (including phenoxy) is 2. The van der Waals surface area contributed by atoms with Crippen LogP contribution in [0.5, 0.6) is 17.2 Å². The summed E-state index contributed by atoms with van der Waals surface area (Å²) in [6.45, 7) is 1.08. The van der Waals surface area contributed by atoms with Gasteiger partial charge in [0.15, 0.2) is 0 Å². The quantitative estimate of drug-likeness (QED) is 0.694. The first-order valence-electron chi connectivity index (χ1n) is 7.99. The van der Waals surface area contributed by atoms with E-state index in [4.69, 9.17) is 9.47 Å². The maximum Gasteiger partial charge on any atom is 0.220 e. The number of phenols is 1. The van der Waals surface area contributed by atoms with E-state index in [0.29, 0.717) is 26.0 Å². The van der Waals surface area contributed by atoms with Crippen molar-refractivity contribution in [3.8, 4) is 17.2 Å². The highest BCUT2D eigenvalue weighted by Crippen LogP contribution is 2.17. The predicted molar refractivity (Wildman–Crippen MR) is 92.5 cm³/mol. The molecule has 0 aliphatic heterocycles. The van der Waals surface area contributed by atoms with Crippen LogP contribution in [-0.4, -0.2) is 31.3 Å². The van der Waals surface area contributed by atoms with Crippen LogP contribution >= 0.6 is 0 Å². The molecule has 0 saturated heterocycles. The fourth-order valence-corrected chi connectivity index (χ4v) is 2.19. The summed E-state index contributed by atoms with van der Waals surface area (Å²) >= 11 is 0. The Hall–Kier alpha value is -2.69. The van der Waals surface area contributed by atoms with E-state index < -0.39 is 0 Å². The van der Waals surface area contributed by atoms with Crippen LogP contribution in [0.1, 0.15) is 18.4 Å². The summed E-state index contributed by atoms with van der Waals surface area (Å²) < 4.78 is 10.7. The number of carbonyl (C=O) groups is 1. The lowest BCUT2D eigenvalue weighted by Crippen LogP contribution is -2.25. The number of methoxy groups -OCH3 is 1. The van der Waals surface area contributed by atoms with Crippen LogP contribution in [0.3, 0.4) is 0 Å². The van der Waals surface area contributed by atoms with Crippen molar-refractivity contribution < 1.29 is 19.4 Å². The third kappa shape index (κ3) is 6.20. The van der Waals surface area contributed by atoms with Gasteiger partial charge in [0.05, 0.1) is 13.7 Å². The molecule has 0 atom stereocenters. The van der Waals surface area contributed by atoms with E-state index in [2.05, 4.69) is 5.32 Å². The van der Waals surface area contributed by atoms with Gasteiger partial charge < -0.3 is 19.9 Å². The third-order valence-corrected chi connectivity index (χ3v) is 3.55. The molecule has 0 fully saturated rings. The molecule has 2 aromatic carbocycles. The highest BCUT2D eigenvalue weighted by Gasteiger charge is 2.02. The fraction of sp³-hybridized carbons (Fsp3) is 0.316. The van der Waals surface area contributed by atoms with Crippen molar-refractivity contribution in [1.82, 2.24) is 5.32 Å². The topological polar surface area (TPSA) is 67.8 Å². The Morgan fingerprint density at radius 1 is 1.04 bits per heavy atom. The number of hydrogen-bond acceptors (Lipinski definition) is 4. The summed E-state index contributed by atoms with van der Waals surface area (Å²) in [5.41, 5.74) is 1.08. The van der Waals surface area contributed by atoms with Crippen molar-refractivity contribution in [2.75, 3.05) is 20.3 Å². The van der Waals surface area contributed by atoms with Crippen molar-refractivity contribution in [3.05, 3.63) is 54.1 Å². The molecule has 2 rings (SSSR count). The monoisotopic (exact) mass is 329 g/mol. The van der Waals surface area contributed by atoms with Gasteiger partial charge in [0.25, 0.3) is 0 Å². The first kappa shape index (κ1) is 17.7. The van der Waals surface area contributed by atoms with Crippen LogP contribution in [0.4, 0.5) is 0 Å². The van der Waals surface area contributed by atoms with Crippen LogP contribution < -0.4 is 14.8 Å². The molecule has 0 aliphatic rings. The minimum atomic E-state index is 0.0205. The van der Waals surface area contributed by atoms with Gasteiger partial charge in [0.2, 0.25) is 5.91 Å². The minimum absolute atomic E-state index is 0.0205. The largest absolute Gasteiger partial charge is 0.508 e. The molecule has 0 radical (unpaired) electrons. The summed E-state index contributed by atoms with van der Waals surface area (Å²) in [6.07, 6.45) is 1.84. The van der Waals surface area contributed by atoms with Gasteiger partial charge in [-0.15, -0.1) is 0 Å². The third-order valence-electron chi connectivity index (χ3n) is 3.55. The van der Waals surface area contributed by atoms with Crippen molar-refractivity contribution in [3.63, 3.8) is 0 Å². The maximum absolute atomic E-state index is 11.8. The Morgan fingerprint density at radius 3 is 2.38 bits per heavy atom. The van der Waals surface area contributed by atoms with Crippen molar-refractivity contribution in [2.45, 2.75) is 19.3 Å². The van der Waals surface area contributed by atoms with Gasteiger partial charge >= 0.3 is 0 Å². The zero-order valence-electron chi connectivity index (χ0n) is 13.8. The lowest BCUT2D eigenvalue weighted by atomic mass is 10.1. The number of rotatable bonds is 9. The van der Waals surface area contributed by atoms with E-state index in [-0.39, 0.29) is 11.7 Å². The van der Waals surface area contributed by atoms with E-state index in [1.807, 2.05) is 36.4 Å². The molecule has 5 nitrogen and oxygen atoms in total. The second-order valence-corrected chi connectivity index (χ2v) is 5.39. The standard InChI is InChI=1S/C19H23NO4/c1-23-17-8-10-18(11-9-17)24-14-2-3-19(22)20-13-12-15-4-6-16(21)7-5-15/h4-11,21H,2-3,12-14H2,1H3,(H,20,22). The zero-order valence-corrected chi connectivity index (χ0v) is 13.8. The molecule has 128 valence electrons. The summed E-state index contributed by atoms with van der Waals surface area (Å²) in [4.78, 5) is 11.8. The van der Waals surface area contributed by atoms with E-state index >= 15 is 0 Å². The molecule has 0 unspecified atom stereocenters. The van der Waals surface area contributed by atoms with Crippen LogP contribution in [0.25, 0.3) is 0 Å². The highest BCUT2D eigenvalue weighted by atomic mass is 16.5. The van der Waals surface area contributed by atoms with E-state index in [0.717, 1.165) is 23.5 Å². The normalized spacial score (nSPS) is 10.2. The van der Waals surface area contributed by atoms with E-state index in [9.17, 15) is 9.90 Å². The average Bonchev–Trinajstić information content (AvgIpc) is 2.61. The molecular formula is C19H23NO4. The number of benzene rings is 2. The first-order valence-corrected chi connectivity index (χ1v) is 7.99. The molecule has 0 aromatic heterocycles. The number of carbonyl (C=O) groups excluding carboxylic acids is 1. The summed E-state index contributed by atoms with van der Waals surface area (Å²) in [7, 11) is 1.62. The molecule has 1 amide bonds. The molecule has 0 bridgehead atoms. The van der Waals surface area contributed by atoms with Crippen molar-refractivity contribution in [2.24, 2.45) is 0 Å². The Balaban J connectivity index is 1.56. The SMILES string of the molecule is COc1ccc(OCCCC(=O)NCCc2ccc(O)cc2)cc1. The highest BCUT2D eigenvalue weighted by molar-refractivity contribution is 5.75. The average molecular weight is 329 g/mol. The number of hydrogen-bond donors (Lipinski definition) is 2. The van der Waals surface area contributed by atoms with Crippen LogP contribution in [0, 0.1) is 0 Å². The Bertz CT molecular complexity index is 623. The molecule has 0 aliphatic carbocycles. The van der Waals surface area contributed by atoms with Gasteiger partial charge in [-0.2, -0.15) is 0 Å². The molecule has 2 aromatic rings. The molecule has 0 saturated carbocycles. The molecule has 0 spiro atoms. The predicted octanol–water partition coefficient (Wildman–Crippen LogP) is 2.92. The fourth-order valence-electron chi connectivity index (χ4n) is 2.19. The summed E-state index contributed by atoms with van der Waals surface area (Å²) in [5, 5.41) is 12.1. The number of amides is 1. The molecule has 24 heavy (non-hydrogen) atoms. The van der Waals surface area contributed by atoms with E-state index in [1.165, 1.54) is 0 Å². The van der Waals surface area contributed by atoms with Gasteiger partial charge in [-0.05, 0) is 54.8 Å². The van der Waals surface area contributed by atoms with Gasteiger partial charge in [-0.25, -0.2) is 0 Å². The Labute approximate surface area is 142 Å². The van der Waals surface area contributed by atoms with E-state index in [1.54, 1.807) is 19.2 Å². The zero-order chi connectivity index (χ0) is 17.2. The smallest absolute Gasteiger partial charge is 0.220 e. The molecule has 5 heteroatoms. The van der Waals surface area contributed by atoms with Gasteiger partial charge in [-0.1, -0.05) is 12.1 Å². The molecular weight excluding hydrogens is 306 g/mol. The minimum Gasteiger partial charge on any atom is -0.508 e.